The minimum atomic E-state index is -0.754. The lowest BCUT2D eigenvalue weighted by atomic mass is 9.75. The van der Waals surface area contributed by atoms with Crippen LogP contribution in [0.1, 0.15) is 59.9 Å². The lowest BCUT2D eigenvalue weighted by Crippen LogP contribution is -2.38. The first-order valence-electron chi connectivity index (χ1n) is 11.0. The van der Waals surface area contributed by atoms with Gasteiger partial charge in [-0.15, -0.1) is 0 Å². The molecule has 32 heavy (non-hydrogen) atoms. The predicted molar refractivity (Wildman–Crippen MR) is 129 cm³/mol. The van der Waals surface area contributed by atoms with Gasteiger partial charge in [-0.3, -0.25) is 9.79 Å². The van der Waals surface area contributed by atoms with Gasteiger partial charge in [-0.25, -0.2) is 4.79 Å². The van der Waals surface area contributed by atoms with Gasteiger partial charge >= 0.3 is 11.9 Å². The average Bonchev–Trinajstić information content (AvgIpc) is 2.70. The van der Waals surface area contributed by atoms with E-state index in [1.54, 1.807) is 46.6 Å². The summed E-state index contributed by atoms with van der Waals surface area (Å²) in [4.78, 5) is 31.4. The van der Waals surface area contributed by atoms with Crippen LogP contribution < -0.4 is 4.74 Å². The molecule has 6 nitrogen and oxygen atoms in total. The number of methoxy groups -OCH3 is 1. The Morgan fingerprint density at radius 1 is 1.03 bits per heavy atom. The fourth-order valence-electron chi connectivity index (χ4n) is 3.68. The van der Waals surface area contributed by atoms with Gasteiger partial charge in [0.15, 0.2) is 0 Å². The minimum absolute atomic E-state index is 0.290. The van der Waals surface area contributed by atoms with E-state index < -0.39 is 23.8 Å². The maximum absolute atomic E-state index is 13.4. The van der Waals surface area contributed by atoms with E-state index in [1.165, 1.54) is 0 Å². The van der Waals surface area contributed by atoms with E-state index in [9.17, 15) is 9.59 Å². The van der Waals surface area contributed by atoms with Crippen molar-refractivity contribution in [3.05, 3.63) is 41.1 Å². The topological polar surface area (TPSA) is 74.2 Å². The van der Waals surface area contributed by atoms with Crippen molar-refractivity contribution in [1.29, 1.82) is 0 Å². The molecular weight excluding hydrogens is 426 g/mol. The molecule has 0 saturated heterocycles. The molecule has 0 saturated carbocycles. The number of thioether (sulfide) groups is 1. The number of hydrogen-bond donors (Lipinski definition) is 0. The third kappa shape index (κ3) is 6.37. The van der Waals surface area contributed by atoms with Crippen molar-refractivity contribution in [3.8, 4) is 5.75 Å². The van der Waals surface area contributed by atoms with Crippen molar-refractivity contribution in [2.24, 2.45) is 10.9 Å². The summed E-state index contributed by atoms with van der Waals surface area (Å²) >= 11 is 1.69. The number of aliphatic imine (C=N–C) groups is 1. The van der Waals surface area contributed by atoms with E-state index in [1.807, 2.05) is 31.2 Å². The molecule has 1 heterocycles. The smallest absolute Gasteiger partial charge is 0.336 e. The van der Waals surface area contributed by atoms with Crippen LogP contribution in [0.2, 0.25) is 0 Å². The summed E-state index contributed by atoms with van der Waals surface area (Å²) < 4.78 is 16.8. The van der Waals surface area contributed by atoms with E-state index in [0.717, 1.165) is 5.56 Å². The van der Waals surface area contributed by atoms with Crippen molar-refractivity contribution >= 4 is 29.4 Å². The average molecular weight is 462 g/mol. The first-order valence-corrected chi connectivity index (χ1v) is 12.1. The van der Waals surface area contributed by atoms with E-state index in [0.29, 0.717) is 33.7 Å². The summed E-state index contributed by atoms with van der Waals surface area (Å²) in [6.45, 7) is 13.2. The van der Waals surface area contributed by atoms with E-state index in [2.05, 4.69) is 13.8 Å². The second kappa shape index (κ2) is 11.5. The molecule has 1 aliphatic rings. The molecule has 0 aliphatic carbocycles. The van der Waals surface area contributed by atoms with Gasteiger partial charge in [-0.2, -0.15) is 11.8 Å². The summed E-state index contributed by atoms with van der Waals surface area (Å²) in [5, 5.41) is 0.355. The van der Waals surface area contributed by atoms with E-state index in [4.69, 9.17) is 19.2 Å². The monoisotopic (exact) mass is 461 g/mol. The van der Waals surface area contributed by atoms with Crippen molar-refractivity contribution in [2.75, 3.05) is 12.9 Å². The van der Waals surface area contributed by atoms with E-state index >= 15 is 0 Å². The molecule has 1 aliphatic heterocycles. The van der Waals surface area contributed by atoms with Gasteiger partial charge in [0, 0.05) is 22.9 Å². The van der Waals surface area contributed by atoms with Gasteiger partial charge in [-0.1, -0.05) is 32.0 Å². The number of nitrogens with zero attached hydrogens (tertiary/aromatic N) is 1. The molecule has 0 aromatic heterocycles. The molecule has 0 N–H and O–H groups in total. The molecule has 0 bridgehead atoms. The Labute approximate surface area is 195 Å². The highest BCUT2D eigenvalue weighted by Gasteiger charge is 2.44. The number of ether oxygens (including phenoxy) is 3. The third-order valence-corrected chi connectivity index (χ3v) is 6.02. The van der Waals surface area contributed by atoms with Crippen LogP contribution in [0.5, 0.6) is 5.75 Å². The van der Waals surface area contributed by atoms with Gasteiger partial charge in [0.2, 0.25) is 0 Å². The van der Waals surface area contributed by atoms with Crippen LogP contribution in [-0.2, 0) is 19.1 Å². The molecule has 0 fully saturated rings. The molecule has 2 unspecified atom stereocenters. The summed E-state index contributed by atoms with van der Waals surface area (Å²) in [5.41, 5.74) is 2.38. The number of esters is 2. The number of carbonyl (C=O) groups is 2. The number of carbonyl (C=O) groups excluding carboxylic acids is 2. The summed E-state index contributed by atoms with van der Waals surface area (Å²) in [6.07, 6.45) is -0.595. The Balaban J connectivity index is 2.75. The van der Waals surface area contributed by atoms with E-state index in [-0.39, 0.29) is 12.2 Å². The number of para-hydroxylation sites is 1. The first-order chi connectivity index (χ1) is 15.1. The van der Waals surface area contributed by atoms with Crippen LogP contribution in [0.15, 0.2) is 40.5 Å². The number of benzene rings is 1. The van der Waals surface area contributed by atoms with Crippen molar-refractivity contribution in [3.63, 3.8) is 0 Å². The van der Waals surface area contributed by atoms with Crippen LogP contribution in [0.25, 0.3) is 0 Å². The normalized spacial score (nSPS) is 18.8. The molecule has 0 spiro atoms. The Bertz CT molecular complexity index is 888. The van der Waals surface area contributed by atoms with Crippen LogP contribution >= 0.6 is 11.8 Å². The maximum Gasteiger partial charge on any atom is 0.336 e. The Hall–Kier alpha value is -2.28. The standard InChI is InChI=1S/C25H35NO5S/c1-14(2)30-24(27)21-17(7)26-19(13-32-16(5)6)23(25(28)31-15(3)4)22(21)18-11-9-10-12-20(18)29-8/h9-12,14-16,21-22H,13H2,1-8H3. The van der Waals surface area contributed by atoms with Crippen LogP contribution in [0.4, 0.5) is 0 Å². The lowest BCUT2D eigenvalue weighted by Gasteiger charge is -2.33. The molecule has 2 atom stereocenters. The molecule has 1 aromatic carbocycles. The van der Waals surface area contributed by atoms with Crippen LogP contribution in [0, 0.1) is 5.92 Å². The van der Waals surface area contributed by atoms with Crippen LogP contribution in [0.3, 0.4) is 0 Å². The van der Waals surface area contributed by atoms with Gasteiger partial charge in [0.05, 0.1) is 30.6 Å². The molecule has 7 heteroatoms. The fraction of sp³-hybridized carbons (Fsp3) is 0.560. The Morgan fingerprint density at radius 2 is 1.66 bits per heavy atom. The molecule has 0 radical (unpaired) electrons. The molecule has 2 rings (SSSR count). The Morgan fingerprint density at radius 3 is 2.22 bits per heavy atom. The second-order valence-electron chi connectivity index (χ2n) is 8.61. The SMILES string of the molecule is COc1ccccc1C1C(C(=O)OC(C)C)=C(CSC(C)C)N=C(C)C1C(=O)OC(C)C. The second-order valence-corrected chi connectivity index (χ2v) is 10.2. The lowest BCUT2D eigenvalue weighted by molar-refractivity contribution is -0.150. The molecule has 0 amide bonds. The summed E-state index contributed by atoms with van der Waals surface area (Å²) in [6, 6.07) is 7.44. The van der Waals surface area contributed by atoms with Gasteiger partial charge < -0.3 is 14.2 Å². The number of rotatable bonds is 9. The summed E-state index contributed by atoms with van der Waals surface area (Å²) in [5.74, 6) is -1.12. The number of hydrogen-bond acceptors (Lipinski definition) is 7. The highest BCUT2D eigenvalue weighted by molar-refractivity contribution is 8.00. The molecule has 1 aromatic rings. The van der Waals surface area contributed by atoms with Crippen molar-refractivity contribution in [1.82, 2.24) is 0 Å². The maximum atomic E-state index is 13.4. The zero-order valence-electron chi connectivity index (χ0n) is 20.3. The zero-order chi connectivity index (χ0) is 24.0. The highest BCUT2D eigenvalue weighted by atomic mass is 32.2. The first kappa shape index (κ1) is 26.0. The predicted octanol–water partition coefficient (Wildman–Crippen LogP) is 5.17. The summed E-state index contributed by atoms with van der Waals surface area (Å²) in [7, 11) is 1.58. The van der Waals surface area contributed by atoms with Gasteiger partial charge in [-0.05, 0) is 45.9 Å². The van der Waals surface area contributed by atoms with Crippen molar-refractivity contribution < 1.29 is 23.8 Å². The largest absolute Gasteiger partial charge is 0.496 e. The van der Waals surface area contributed by atoms with Gasteiger partial charge in [0.1, 0.15) is 11.7 Å². The Kier molecular flexibility index (Phi) is 9.37. The third-order valence-electron chi connectivity index (χ3n) is 4.91. The fourth-order valence-corrected chi connectivity index (χ4v) is 4.39. The minimum Gasteiger partial charge on any atom is -0.496 e. The molecule has 176 valence electrons. The zero-order valence-corrected chi connectivity index (χ0v) is 21.1. The molecular formula is C25H35NO5S. The van der Waals surface area contributed by atoms with Crippen molar-refractivity contribution in [2.45, 2.75) is 71.8 Å². The highest BCUT2D eigenvalue weighted by Crippen LogP contribution is 2.44. The van der Waals surface area contributed by atoms with Crippen LogP contribution in [-0.4, -0.2) is 48.0 Å². The van der Waals surface area contributed by atoms with Gasteiger partial charge in [0.25, 0.3) is 0 Å². The quantitative estimate of drug-likeness (QED) is 0.473.